The third kappa shape index (κ3) is 4.42. The highest BCUT2D eigenvalue weighted by molar-refractivity contribution is 4.90. The summed E-state index contributed by atoms with van der Waals surface area (Å²) in [4.78, 5) is 2.55. The maximum atomic E-state index is 3.41. The largest absolute Gasteiger partial charge is 0.315 e. The minimum absolute atomic E-state index is 0.213. The van der Waals surface area contributed by atoms with Gasteiger partial charge in [0.2, 0.25) is 0 Å². The van der Waals surface area contributed by atoms with E-state index in [1.165, 1.54) is 6.42 Å². The zero-order valence-corrected chi connectivity index (χ0v) is 12.6. The number of nitrogens with one attached hydrogen (secondary N) is 1. The minimum Gasteiger partial charge on any atom is -0.315 e. The van der Waals surface area contributed by atoms with Crippen LogP contribution in [0.15, 0.2) is 0 Å². The summed E-state index contributed by atoms with van der Waals surface area (Å²) < 4.78 is 0. The van der Waals surface area contributed by atoms with E-state index in [4.69, 9.17) is 0 Å². The van der Waals surface area contributed by atoms with Gasteiger partial charge in [-0.25, -0.2) is 0 Å². The van der Waals surface area contributed by atoms with Gasteiger partial charge in [-0.3, -0.25) is 0 Å². The minimum atomic E-state index is 0.213. The van der Waals surface area contributed by atoms with Crippen LogP contribution in [-0.2, 0) is 0 Å². The number of hydrogen-bond acceptors (Lipinski definition) is 2. The molecule has 0 saturated heterocycles. The molecule has 2 heteroatoms. The molecule has 0 unspecified atom stereocenters. The van der Waals surface area contributed by atoms with Gasteiger partial charge in [0, 0.05) is 11.6 Å². The van der Waals surface area contributed by atoms with Crippen LogP contribution in [0, 0.1) is 5.41 Å². The molecular weight excluding hydrogens is 196 g/mol. The van der Waals surface area contributed by atoms with E-state index in [-0.39, 0.29) is 5.54 Å². The van der Waals surface area contributed by atoms with E-state index in [0.29, 0.717) is 11.5 Å². The molecule has 0 aliphatic rings. The molecule has 0 spiro atoms. The maximum absolute atomic E-state index is 3.41. The molecule has 1 atom stereocenters. The van der Waals surface area contributed by atoms with Crippen LogP contribution in [0.4, 0.5) is 0 Å². The molecule has 0 aliphatic heterocycles. The summed E-state index contributed by atoms with van der Waals surface area (Å²) in [5.74, 6) is 0. The third-order valence-corrected chi connectivity index (χ3v) is 4.07. The third-order valence-electron chi connectivity index (χ3n) is 4.07. The highest BCUT2D eigenvalue weighted by Gasteiger charge is 2.34. The van der Waals surface area contributed by atoms with E-state index in [2.05, 4.69) is 65.7 Å². The van der Waals surface area contributed by atoms with Crippen molar-refractivity contribution in [2.24, 2.45) is 5.41 Å². The quantitative estimate of drug-likeness (QED) is 0.720. The van der Waals surface area contributed by atoms with Crippen molar-refractivity contribution >= 4 is 0 Å². The predicted molar refractivity (Wildman–Crippen MR) is 73.9 cm³/mol. The van der Waals surface area contributed by atoms with Gasteiger partial charge in [0.05, 0.1) is 0 Å². The van der Waals surface area contributed by atoms with Crippen LogP contribution in [0.5, 0.6) is 0 Å². The van der Waals surface area contributed by atoms with Crippen LogP contribution >= 0.6 is 0 Å². The van der Waals surface area contributed by atoms with Crippen LogP contribution < -0.4 is 5.32 Å². The maximum Gasteiger partial charge on any atom is 0.0127 e. The Morgan fingerprint density at radius 1 is 1.06 bits per heavy atom. The van der Waals surface area contributed by atoms with Gasteiger partial charge in [-0.05, 0) is 52.7 Å². The molecule has 0 heterocycles. The van der Waals surface area contributed by atoms with Gasteiger partial charge in [0.25, 0.3) is 0 Å². The Morgan fingerprint density at radius 2 is 1.50 bits per heavy atom. The highest BCUT2D eigenvalue weighted by atomic mass is 15.1. The van der Waals surface area contributed by atoms with Crippen LogP contribution in [0.1, 0.15) is 54.9 Å². The van der Waals surface area contributed by atoms with Crippen molar-refractivity contribution in [1.29, 1.82) is 0 Å². The predicted octanol–water partition coefficient (Wildman–Crippen LogP) is 3.13. The molecule has 0 saturated carbocycles. The van der Waals surface area contributed by atoms with Crippen molar-refractivity contribution in [3.63, 3.8) is 0 Å². The molecule has 0 radical (unpaired) electrons. The molecular formula is C14H32N2. The lowest BCUT2D eigenvalue weighted by atomic mass is 9.74. The van der Waals surface area contributed by atoms with Crippen molar-refractivity contribution in [3.8, 4) is 0 Å². The van der Waals surface area contributed by atoms with Crippen molar-refractivity contribution in [2.75, 3.05) is 20.1 Å². The summed E-state index contributed by atoms with van der Waals surface area (Å²) in [6, 6.07) is 0.620. The van der Waals surface area contributed by atoms with E-state index in [0.717, 1.165) is 13.1 Å². The normalized spacial score (nSPS) is 15.6. The Bertz CT molecular complexity index is 193. The first-order valence-electron chi connectivity index (χ1n) is 6.63. The first-order chi connectivity index (χ1) is 7.20. The van der Waals surface area contributed by atoms with Crippen LogP contribution in [0.25, 0.3) is 0 Å². The van der Waals surface area contributed by atoms with E-state index in [9.17, 15) is 0 Å². The Labute approximate surface area is 103 Å². The SMILES string of the molecule is CCN(CC)[C@H](C)C(C)(C)CC(C)(C)NC. The Kier molecular flexibility index (Phi) is 5.99. The highest BCUT2D eigenvalue weighted by Crippen LogP contribution is 2.33. The van der Waals surface area contributed by atoms with Crippen LogP contribution in [-0.4, -0.2) is 36.6 Å². The monoisotopic (exact) mass is 228 g/mol. The molecule has 2 nitrogen and oxygen atoms in total. The molecule has 16 heavy (non-hydrogen) atoms. The number of rotatable bonds is 7. The fourth-order valence-corrected chi connectivity index (χ4v) is 2.64. The molecule has 0 rings (SSSR count). The van der Waals surface area contributed by atoms with Gasteiger partial charge in [-0.2, -0.15) is 0 Å². The lowest BCUT2D eigenvalue weighted by Crippen LogP contribution is -2.49. The molecule has 0 aromatic rings. The fraction of sp³-hybridized carbons (Fsp3) is 1.00. The summed E-state index contributed by atoms with van der Waals surface area (Å²) in [7, 11) is 2.05. The fourth-order valence-electron chi connectivity index (χ4n) is 2.64. The van der Waals surface area contributed by atoms with Crippen molar-refractivity contribution < 1.29 is 0 Å². The van der Waals surface area contributed by atoms with Gasteiger partial charge in [-0.1, -0.05) is 27.7 Å². The molecule has 0 bridgehead atoms. The van der Waals surface area contributed by atoms with Gasteiger partial charge in [0.15, 0.2) is 0 Å². The van der Waals surface area contributed by atoms with E-state index >= 15 is 0 Å². The molecule has 0 fully saturated rings. The Balaban J connectivity index is 4.64. The van der Waals surface area contributed by atoms with Gasteiger partial charge < -0.3 is 10.2 Å². The second-order valence-corrected chi connectivity index (χ2v) is 6.20. The summed E-state index contributed by atoms with van der Waals surface area (Å²) in [6.45, 7) is 18.5. The first kappa shape index (κ1) is 15.9. The average Bonchev–Trinajstić information content (AvgIpc) is 2.18. The summed E-state index contributed by atoms with van der Waals surface area (Å²) >= 11 is 0. The molecule has 1 N–H and O–H groups in total. The Hall–Kier alpha value is -0.0800. The lowest BCUT2D eigenvalue weighted by Gasteiger charge is -2.43. The van der Waals surface area contributed by atoms with Gasteiger partial charge in [0.1, 0.15) is 0 Å². The van der Waals surface area contributed by atoms with Crippen LogP contribution in [0.2, 0.25) is 0 Å². The second-order valence-electron chi connectivity index (χ2n) is 6.20. The van der Waals surface area contributed by atoms with E-state index in [1.54, 1.807) is 0 Å². The van der Waals surface area contributed by atoms with Crippen molar-refractivity contribution in [1.82, 2.24) is 10.2 Å². The zero-order chi connectivity index (χ0) is 13.0. The van der Waals surface area contributed by atoms with Crippen molar-refractivity contribution in [2.45, 2.75) is 66.5 Å². The topological polar surface area (TPSA) is 15.3 Å². The van der Waals surface area contributed by atoms with Gasteiger partial charge in [-0.15, -0.1) is 0 Å². The standard InChI is InChI=1S/C14H32N2/c1-9-16(10-2)12(3)13(4,5)11-14(6,7)15-8/h12,15H,9-11H2,1-8H3/t12-/m1/s1. The smallest absolute Gasteiger partial charge is 0.0127 e. The zero-order valence-electron chi connectivity index (χ0n) is 12.6. The first-order valence-corrected chi connectivity index (χ1v) is 6.63. The summed E-state index contributed by atoms with van der Waals surface area (Å²) in [6.07, 6.45) is 1.19. The number of nitrogens with zero attached hydrogens (tertiary/aromatic N) is 1. The molecule has 0 aromatic heterocycles. The summed E-state index contributed by atoms with van der Waals surface area (Å²) in [5, 5.41) is 3.41. The molecule has 0 amide bonds. The summed E-state index contributed by atoms with van der Waals surface area (Å²) in [5.41, 5.74) is 0.545. The molecule has 0 aliphatic carbocycles. The van der Waals surface area contributed by atoms with E-state index < -0.39 is 0 Å². The van der Waals surface area contributed by atoms with Gasteiger partial charge >= 0.3 is 0 Å². The molecule has 98 valence electrons. The average molecular weight is 228 g/mol. The Morgan fingerprint density at radius 3 is 1.81 bits per heavy atom. The van der Waals surface area contributed by atoms with E-state index in [1.807, 2.05) is 0 Å². The molecule has 0 aromatic carbocycles. The second kappa shape index (κ2) is 6.02. The number of hydrogen-bond donors (Lipinski definition) is 1. The lowest BCUT2D eigenvalue weighted by molar-refractivity contribution is 0.0806. The van der Waals surface area contributed by atoms with Crippen molar-refractivity contribution in [3.05, 3.63) is 0 Å². The van der Waals surface area contributed by atoms with Crippen LogP contribution in [0.3, 0.4) is 0 Å².